The Morgan fingerprint density at radius 1 is 0.970 bits per heavy atom. The second-order valence-electron chi connectivity index (χ2n) is 8.89. The summed E-state index contributed by atoms with van der Waals surface area (Å²) in [6.45, 7) is 0.959. The lowest BCUT2D eigenvalue weighted by Gasteiger charge is -2.35. The summed E-state index contributed by atoms with van der Waals surface area (Å²) in [7, 11) is 0. The molecule has 1 aliphatic carbocycles. The first-order valence-electron chi connectivity index (χ1n) is 11.8. The van der Waals surface area contributed by atoms with Crippen LogP contribution in [0.5, 0.6) is 0 Å². The topological polar surface area (TPSA) is 91.0 Å². The first-order valence-corrected chi connectivity index (χ1v) is 11.8. The predicted molar refractivity (Wildman–Crippen MR) is 126 cm³/mol. The van der Waals surface area contributed by atoms with Gasteiger partial charge in [0.15, 0.2) is 5.69 Å². The molecule has 33 heavy (non-hydrogen) atoms. The van der Waals surface area contributed by atoms with Gasteiger partial charge < -0.3 is 10.2 Å². The van der Waals surface area contributed by atoms with Gasteiger partial charge >= 0.3 is 0 Å². The molecule has 2 aromatic heterocycles. The number of aromatic nitrogens is 3. The molecule has 3 aromatic rings. The zero-order valence-electron chi connectivity index (χ0n) is 18.7. The van der Waals surface area contributed by atoms with E-state index in [1.807, 2.05) is 36.4 Å². The second-order valence-corrected chi connectivity index (χ2v) is 8.89. The van der Waals surface area contributed by atoms with Crippen LogP contribution in [0.25, 0.3) is 11.1 Å². The summed E-state index contributed by atoms with van der Waals surface area (Å²) in [6, 6.07) is 11.6. The fourth-order valence-corrected chi connectivity index (χ4v) is 4.91. The van der Waals surface area contributed by atoms with Crippen LogP contribution in [-0.2, 0) is 24.1 Å². The van der Waals surface area contributed by atoms with E-state index in [9.17, 15) is 9.59 Å². The minimum absolute atomic E-state index is 0.105. The molecule has 1 aromatic carbocycles. The van der Waals surface area contributed by atoms with Gasteiger partial charge in [-0.15, -0.1) is 0 Å². The third-order valence-corrected chi connectivity index (χ3v) is 6.75. The molecule has 2 aliphatic rings. The fraction of sp³-hybridized carbons (Fsp3) is 0.385. The van der Waals surface area contributed by atoms with Gasteiger partial charge in [-0.2, -0.15) is 5.10 Å². The zero-order chi connectivity index (χ0) is 22.6. The Kier molecular flexibility index (Phi) is 6.19. The lowest BCUT2D eigenvalue weighted by atomic mass is 9.95. The lowest BCUT2D eigenvalue weighted by Crippen LogP contribution is -2.58. The third kappa shape index (κ3) is 4.53. The minimum Gasteiger partial charge on any atom is -0.353 e. The Balaban J connectivity index is 1.37. The molecular formula is C26H29N5O2. The smallest absolute Gasteiger partial charge is 0.275 e. The molecule has 1 fully saturated rings. The summed E-state index contributed by atoms with van der Waals surface area (Å²) in [5, 5.41) is 10.5. The van der Waals surface area contributed by atoms with E-state index in [0.717, 1.165) is 53.6 Å². The van der Waals surface area contributed by atoms with Gasteiger partial charge in [-0.1, -0.05) is 37.1 Å². The number of carbonyl (C=O) groups excluding carboxylic acids is 2. The third-order valence-electron chi connectivity index (χ3n) is 6.75. The summed E-state index contributed by atoms with van der Waals surface area (Å²) >= 11 is 0. The Bertz CT molecular complexity index is 1120. The maximum atomic E-state index is 13.6. The van der Waals surface area contributed by atoms with Gasteiger partial charge in [0.2, 0.25) is 5.91 Å². The molecule has 0 saturated carbocycles. The van der Waals surface area contributed by atoms with Gasteiger partial charge in [-0.3, -0.25) is 19.7 Å². The van der Waals surface area contributed by atoms with E-state index in [0.29, 0.717) is 25.2 Å². The van der Waals surface area contributed by atoms with Crippen molar-refractivity contribution in [2.24, 2.45) is 0 Å². The van der Waals surface area contributed by atoms with Crippen molar-refractivity contribution in [3.05, 3.63) is 71.3 Å². The number of hydrogen-bond acceptors (Lipinski definition) is 4. The molecule has 1 atom stereocenters. The van der Waals surface area contributed by atoms with Gasteiger partial charge in [-0.25, -0.2) is 0 Å². The fourth-order valence-electron chi connectivity index (χ4n) is 4.91. The summed E-state index contributed by atoms with van der Waals surface area (Å²) in [5.41, 5.74) is 5.84. The van der Waals surface area contributed by atoms with E-state index >= 15 is 0 Å². The Hall–Kier alpha value is -3.48. The van der Waals surface area contributed by atoms with E-state index in [1.165, 1.54) is 12.8 Å². The van der Waals surface area contributed by atoms with Crippen LogP contribution < -0.4 is 5.32 Å². The molecular weight excluding hydrogens is 414 g/mol. The molecule has 7 nitrogen and oxygen atoms in total. The van der Waals surface area contributed by atoms with Crippen LogP contribution in [0.15, 0.2) is 48.8 Å². The van der Waals surface area contributed by atoms with Gasteiger partial charge in [0.1, 0.15) is 6.04 Å². The monoisotopic (exact) mass is 443 g/mol. The highest BCUT2D eigenvalue weighted by Crippen LogP contribution is 2.25. The highest BCUT2D eigenvalue weighted by Gasteiger charge is 2.36. The predicted octanol–water partition coefficient (Wildman–Crippen LogP) is 3.31. The van der Waals surface area contributed by atoms with Gasteiger partial charge in [-0.05, 0) is 54.5 Å². The van der Waals surface area contributed by atoms with Crippen LogP contribution in [-0.4, -0.2) is 51.0 Å². The SMILES string of the molecule is O=C1NCCN(C(=O)c2n[nH]c3c2CCCCCC3)[C@@H]1Cc1ccc(-c2ccncc2)cc1. The van der Waals surface area contributed by atoms with Crippen LogP contribution in [0.1, 0.15) is 53.0 Å². The molecule has 1 aliphatic heterocycles. The van der Waals surface area contributed by atoms with Crippen molar-refractivity contribution in [3.63, 3.8) is 0 Å². The lowest BCUT2D eigenvalue weighted by molar-refractivity contribution is -0.127. The van der Waals surface area contributed by atoms with Crippen LogP contribution in [0.4, 0.5) is 0 Å². The standard InChI is InChI=1S/C26H29N5O2/c32-25-23(17-18-7-9-19(10-8-18)20-11-13-27-14-12-20)31(16-15-28-25)26(33)24-21-5-3-1-2-4-6-22(21)29-30-24/h7-14,23H,1-6,15-17H2,(H,28,32)(H,29,30)/t23-/m1/s1. The quantitative estimate of drug-likeness (QED) is 0.647. The van der Waals surface area contributed by atoms with Crippen LogP contribution in [0.2, 0.25) is 0 Å². The summed E-state index contributed by atoms with van der Waals surface area (Å²) in [6.07, 6.45) is 10.4. The number of aryl methyl sites for hydroxylation is 1. The zero-order valence-corrected chi connectivity index (χ0v) is 18.7. The first-order chi connectivity index (χ1) is 16.2. The molecule has 5 rings (SSSR count). The molecule has 0 unspecified atom stereocenters. The Morgan fingerprint density at radius 3 is 2.48 bits per heavy atom. The van der Waals surface area contributed by atoms with E-state index in [4.69, 9.17) is 0 Å². The number of piperazine rings is 1. The molecule has 0 bridgehead atoms. The normalized spacial score (nSPS) is 18.7. The van der Waals surface area contributed by atoms with Crippen molar-refractivity contribution >= 4 is 11.8 Å². The van der Waals surface area contributed by atoms with Gasteiger partial charge in [0.25, 0.3) is 5.91 Å². The maximum Gasteiger partial charge on any atom is 0.275 e. The van der Waals surface area contributed by atoms with E-state index in [1.54, 1.807) is 17.3 Å². The molecule has 2 amide bonds. The van der Waals surface area contributed by atoms with Crippen LogP contribution in [0, 0.1) is 0 Å². The number of benzene rings is 1. The number of hydrogen-bond donors (Lipinski definition) is 2. The van der Waals surface area contributed by atoms with Crippen molar-refractivity contribution in [2.45, 2.75) is 51.0 Å². The van der Waals surface area contributed by atoms with Crippen molar-refractivity contribution < 1.29 is 9.59 Å². The van der Waals surface area contributed by atoms with Crippen LogP contribution in [0.3, 0.4) is 0 Å². The number of carbonyl (C=O) groups is 2. The number of nitrogens with one attached hydrogen (secondary N) is 2. The number of pyridine rings is 1. The van der Waals surface area contributed by atoms with Crippen molar-refractivity contribution in [1.82, 2.24) is 25.4 Å². The molecule has 0 spiro atoms. The van der Waals surface area contributed by atoms with Crippen molar-refractivity contribution in [2.75, 3.05) is 13.1 Å². The maximum absolute atomic E-state index is 13.6. The molecule has 0 radical (unpaired) electrons. The number of amides is 2. The van der Waals surface area contributed by atoms with Gasteiger partial charge in [0.05, 0.1) is 0 Å². The van der Waals surface area contributed by atoms with E-state index in [-0.39, 0.29) is 11.8 Å². The average Bonchev–Trinajstić information content (AvgIpc) is 3.22. The summed E-state index contributed by atoms with van der Waals surface area (Å²) in [5.74, 6) is -0.243. The highest BCUT2D eigenvalue weighted by atomic mass is 16.2. The molecule has 170 valence electrons. The average molecular weight is 444 g/mol. The summed E-state index contributed by atoms with van der Waals surface area (Å²) < 4.78 is 0. The van der Waals surface area contributed by atoms with E-state index < -0.39 is 6.04 Å². The minimum atomic E-state index is -0.543. The number of rotatable bonds is 4. The van der Waals surface area contributed by atoms with Crippen LogP contribution >= 0.6 is 0 Å². The van der Waals surface area contributed by atoms with Crippen molar-refractivity contribution in [1.29, 1.82) is 0 Å². The first kappa shape index (κ1) is 21.4. The number of aromatic amines is 1. The molecule has 2 N–H and O–H groups in total. The molecule has 7 heteroatoms. The van der Waals surface area contributed by atoms with E-state index in [2.05, 4.69) is 20.5 Å². The molecule has 1 saturated heterocycles. The number of H-pyrrole nitrogens is 1. The van der Waals surface area contributed by atoms with Gasteiger partial charge in [0, 0.05) is 43.2 Å². The molecule has 3 heterocycles. The summed E-state index contributed by atoms with van der Waals surface area (Å²) in [4.78, 5) is 32.2. The Morgan fingerprint density at radius 2 is 1.70 bits per heavy atom. The Labute approximate surface area is 193 Å². The number of fused-ring (bicyclic) bond motifs is 1. The number of nitrogens with zero attached hydrogens (tertiary/aromatic N) is 3. The van der Waals surface area contributed by atoms with Crippen molar-refractivity contribution in [3.8, 4) is 11.1 Å². The highest BCUT2D eigenvalue weighted by molar-refractivity contribution is 5.98. The second kappa shape index (κ2) is 9.57. The largest absolute Gasteiger partial charge is 0.353 e.